The third kappa shape index (κ3) is 2.52. The van der Waals surface area contributed by atoms with Gasteiger partial charge in [-0.2, -0.15) is 0 Å². The number of hydrogen-bond donors (Lipinski definition) is 1. The second kappa shape index (κ2) is 4.53. The summed E-state index contributed by atoms with van der Waals surface area (Å²) in [5.41, 5.74) is 8.07. The van der Waals surface area contributed by atoms with Gasteiger partial charge in [-0.25, -0.2) is 9.97 Å². The molecule has 0 spiro atoms. The molecule has 2 N–H and O–H groups in total. The molecule has 3 nitrogen and oxygen atoms in total. The van der Waals surface area contributed by atoms with Crippen LogP contribution in [0, 0.1) is 13.8 Å². The topological polar surface area (TPSA) is 51.8 Å². The number of nitrogens with two attached hydrogens (primary N) is 1. The number of benzene rings is 1. The molecule has 0 bridgehead atoms. The highest BCUT2D eigenvalue weighted by molar-refractivity contribution is 7.99. The zero-order valence-corrected chi connectivity index (χ0v) is 10.1. The third-order valence-corrected chi connectivity index (χ3v) is 3.24. The Morgan fingerprint density at radius 1 is 1.19 bits per heavy atom. The Balaban J connectivity index is 2.30. The summed E-state index contributed by atoms with van der Waals surface area (Å²) in [6.45, 7) is 4.15. The van der Waals surface area contributed by atoms with Gasteiger partial charge in [0.1, 0.15) is 5.82 Å². The predicted octanol–water partition coefficient (Wildman–Crippen LogP) is 2.83. The van der Waals surface area contributed by atoms with Crippen molar-refractivity contribution in [2.24, 2.45) is 0 Å². The summed E-state index contributed by atoms with van der Waals surface area (Å²) in [6, 6.07) is 8.02. The number of nitrogen functional groups attached to an aromatic ring is 1. The summed E-state index contributed by atoms with van der Waals surface area (Å²) in [7, 11) is 0. The summed E-state index contributed by atoms with van der Waals surface area (Å²) in [4.78, 5) is 9.52. The molecule has 2 rings (SSSR count). The van der Waals surface area contributed by atoms with Gasteiger partial charge in [0.2, 0.25) is 0 Å². The molecule has 0 radical (unpaired) electrons. The Kier molecular flexibility index (Phi) is 3.10. The highest BCUT2D eigenvalue weighted by atomic mass is 32.2. The molecule has 0 aliphatic heterocycles. The van der Waals surface area contributed by atoms with Crippen LogP contribution in [-0.2, 0) is 0 Å². The van der Waals surface area contributed by atoms with E-state index in [9.17, 15) is 0 Å². The summed E-state index contributed by atoms with van der Waals surface area (Å²) < 4.78 is 0. The number of aryl methyl sites for hydroxylation is 2. The summed E-state index contributed by atoms with van der Waals surface area (Å²) in [6.07, 6.45) is 1.68. The van der Waals surface area contributed by atoms with E-state index in [4.69, 9.17) is 5.73 Å². The lowest BCUT2D eigenvalue weighted by Gasteiger charge is -2.05. The third-order valence-electron chi connectivity index (χ3n) is 2.20. The van der Waals surface area contributed by atoms with E-state index in [0.29, 0.717) is 11.0 Å². The Bertz CT molecular complexity index is 511. The molecule has 0 fully saturated rings. The van der Waals surface area contributed by atoms with Crippen molar-refractivity contribution < 1.29 is 0 Å². The van der Waals surface area contributed by atoms with Crippen molar-refractivity contribution >= 4 is 17.6 Å². The normalized spacial score (nSPS) is 10.4. The van der Waals surface area contributed by atoms with Crippen LogP contribution >= 0.6 is 11.8 Å². The number of nitrogens with zero attached hydrogens (tertiary/aromatic N) is 2. The fraction of sp³-hybridized carbons (Fsp3) is 0.167. The van der Waals surface area contributed by atoms with Crippen LogP contribution in [0.5, 0.6) is 0 Å². The van der Waals surface area contributed by atoms with E-state index >= 15 is 0 Å². The van der Waals surface area contributed by atoms with E-state index in [1.807, 2.05) is 0 Å². The Morgan fingerprint density at radius 3 is 2.75 bits per heavy atom. The average Bonchev–Trinajstić information content (AvgIpc) is 2.24. The first-order valence-electron chi connectivity index (χ1n) is 4.99. The number of aromatic nitrogens is 2. The van der Waals surface area contributed by atoms with Gasteiger partial charge >= 0.3 is 0 Å². The molecule has 82 valence electrons. The van der Waals surface area contributed by atoms with Crippen LogP contribution in [0.3, 0.4) is 0 Å². The van der Waals surface area contributed by atoms with Crippen LogP contribution in [-0.4, -0.2) is 9.97 Å². The van der Waals surface area contributed by atoms with E-state index < -0.39 is 0 Å². The Labute approximate surface area is 99.1 Å². The molecule has 0 saturated heterocycles. The molecule has 0 saturated carbocycles. The van der Waals surface area contributed by atoms with E-state index in [1.54, 1.807) is 24.0 Å². The molecule has 0 aliphatic rings. The molecule has 0 atom stereocenters. The van der Waals surface area contributed by atoms with Crippen molar-refractivity contribution in [3.63, 3.8) is 0 Å². The Hall–Kier alpha value is -1.55. The van der Waals surface area contributed by atoms with E-state index in [2.05, 4.69) is 42.0 Å². The molecular weight excluding hydrogens is 218 g/mol. The largest absolute Gasteiger partial charge is 0.384 e. The molecule has 4 heteroatoms. The Morgan fingerprint density at radius 2 is 2.00 bits per heavy atom. The number of hydrogen-bond acceptors (Lipinski definition) is 4. The van der Waals surface area contributed by atoms with Gasteiger partial charge in [0.15, 0.2) is 5.16 Å². The molecule has 0 unspecified atom stereocenters. The van der Waals surface area contributed by atoms with Crippen molar-refractivity contribution in [2.45, 2.75) is 23.9 Å². The van der Waals surface area contributed by atoms with Gasteiger partial charge in [0, 0.05) is 11.1 Å². The van der Waals surface area contributed by atoms with E-state index in [1.165, 1.54) is 16.0 Å². The molecular formula is C12H13N3S. The second-order valence-corrected chi connectivity index (χ2v) is 4.64. The highest BCUT2D eigenvalue weighted by Gasteiger charge is 2.04. The first kappa shape index (κ1) is 11.0. The first-order valence-corrected chi connectivity index (χ1v) is 5.80. The number of rotatable bonds is 2. The van der Waals surface area contributed by atoms with Gasteiger partial charge in [-0.1, -0.05) is 12.1 Å². The standard InChI is InChI=1S/C12H13N3S/c1-8-3-4-9(2)10(7-8)16-12-14-6-5-11(13)15-12/h3-7H,1-2H3,(H2,13,14,15). The van der Waals surface area contributed by atoms with Crippen LogP contribution in [0.15, 0.2) is 40.5 Å². The van der Waals surface area contributed by atoms with Crippen molar-refractivity contribution in [3.05, 3.63) is 41.6 Å². The van der Waals surface area contributed by atoms with E-state index in [0.717, 1.165) is 0 Å². The van der Waals surface area contributed by atoms with Crippen molar-refractivity contribution in [1.82, 2.24) is 9.97 Å². The van der Waals surface area contributed by atoms with Gasteiger partial charge in [0.25, 0.3) is 0 Å². The molecule has 2 aromatic rings. The maximum atomic E-state index is 5.62. The molecule has 1 aromatic heterocycles. The zero-order valence-electron chi connectivity index (χ0n) is 9.27. The van der Waals surface area contributed by atoms with Crippen LogP contribution in [0.4, 0.5) is 5.82 Å². The number of anilines is 1. The maximum Gasteiger partial charge on any atom is 0.194 e. The monoisotopic (exact) mass is 231 g/mol. The lowest BCUT2D eigenvalue weighted by Crippen LogP contribution is -1.93. The fourth-order valence-electron chi connectivity index (χ4n) is 1.32. The summed E-state index contributed by atoms with van der Waals surface area (Å²) in [5.74, 6) is 0.503. The molecule has 0 aliphatic carbocycles. The maximum absolute atomic E-state index is 5.62. The summed E-state index contributed by atoms with van der Waals surface area (Å²) >= 11 is 1.54. The minimum Gasteiger partial charge on any atom is -0.384 e. The first-order chi connectivity index (χ1) is 7.65. The molecule has 1 heterocycles. The summed E-state index contributed by atoms with van der Waals surface area (Å²) in [5, 5.41) is 0.689. The van der Waals surface area contributed by atoms with Crippen LogP contribution < -0.4 is 5.73 Å². The van der Waals surface area contributed by atoms with Crippen LogP contribution in [0.25, 0.3) is 0 Å². The predicted molar refractivity (Wildman–Crippen MR) is 66.5 cm³/mol. The molecule has 16 heavy (non-hydrogen) atoms. The van der Waals surface area contributed by atoms with Gasteiger partial charge in [-0.3, -0.25) is 0 Å². The molecule has 1 aromatic carbocycles. The SMILES string of the molecule is Cc1ccc(C)c(Sc2nccc(N)n2)c1. The van der Waals surface area contributed by atoms with Crippen molar-refractivity contribution in [2.75, 3.05) is 5.73 Å². The quantitative estimate of drug-likeness (QED) is 0.807. The molecule has 0 amide bonds. The minimum atomic E-state index is 0.503. The van der Waals surface area contributed by atoms with Crippen molar-refractivity contribution in [3.8, 4) is 0 Å². The second-order valence-electron chi connectivity index (χ2n) is 3.64. The minimum absolute atomic E-state index is 0.503. The van der Waals surface area contributed by atoms with Crippen LogP contribution in [0.2, 0.25) is 0 Å². The van der Waals surface area contributed by atoms with Crippen LogP contribution in [0.1, 0.15) is 11.1 Å². The van der Waals surface area contributed by atoms with Gasteiger partial charge in [-0.05, 0) is 48.9 Å². The van der Waals surface area contributed by atoms with Gasteiger partial charge in [-0.15, -0.1) is 0 Å². The van der Waals surface area contributed by atoms with Crippen molar-refractivity contribution in [1.29, 1.82) is 0 Å². The average molecular weight is 231 g/mol. The van der Waals surface area contributed by atoms with Gasteiger partial charge in [0.05, 0.1) is 0 Å². The lowest BCUT2D eigenvalue weighted by atomic mass is 10.2. The zero-order chi connectivity index (χ0) is 11.5. The van der Waals surface area contributed by atoms with Gasteiger partial charge < -0.3 is 5.73 Å². The van der Waals surface area contributed by atoms with E-state index in [-0.39, 0.29) is 0 Å². The smallest absolute Gasteiger partial charge is 0.194 e. The fourth-order valence-corrected chi connectivity index (χ4v) is 2.25. The highest BCUT2D eigenvalue weighted by Crippen LogP contribution is 2.28. The lowest BCUT2D eigenvalue weighted by molar-refractivity contribution is 0.974.